The highest BCUT2D eigenvalue weighted by Gasteiger charge is 2.33. The van der Waals surface area contributed by atoms with Crippen molar-refractivity contribution in [2.24, 2.45) is 0 Å². The van der Waals surface area contributed by atoms with Gasteiger partial charge in [-0.05, 0) is 19.3 Å². The second-order valence-electron chi connectivity index (χ2n) is 4.08. The van der Waals surface area contributed by atoms with E-state index in [2.05, 4.69) is 0 Å². The number of ether oxygens (including phenoxy) is 2. The number of cyclic esters (lactones) is 1. The highest BCUT2D eigenvalue weighted by atomic mass is 16.6. The van der Waals surface area contributed by atoms with Gasteiger partial charge in [-0.2, -0.15) is 0 Å². The molecule has 0 aromatic heterocycles. The minimum atomic E-state index is -0.927. The number of carbonyl (C=O) groups excluding carboxylic acids is 1. The first-order chi connectivity index (χ1) is 7.66. The van der Waals surface area contributed by atoms with Crippen LogP contribution in [0.3, 0.4) is 0 Å². The van der Waals surface area contributed by atoms with Gasteiger partial charge in [-0.1, -0.05) is 0 Å². The first-order valence-corrected chi connectivity index (χ1v) is 5.47. The fraction of sp³-hybridized carbons (Fsp3) is 0.800. The number of aliphatic carboxylic acids is 1. The Morgan fingerprint density at radius 1 is 1.50 bits per heavy atom. The van der Waals surface area contributed by atoms with Gasteiger partial charge in [0.25, 0.3) is 0 Å². The Balaban J connectivity index is 1.82. The molecule has 16 heavy (non-hydrogen) atoms. The third-order valence-corrected chi connectivity index (χ3v) is 2.86. The van der Waals surface area contributed by atoms with Gasteiger partial charge in [-0.3, -0.25) is 0 Å². The van der Waals surface area contributed by atoms with Crippen molar-refractivity contribution in [2.45, 2.75) is 31.5 Å². The summed E-state index contributed by atoms with van der Waals surface area (Å²) in [5.41, 5.74) is 0. The molecule has 2 unspecified atom stereocenters. The van der Waals surface area contributed by atoms with E-state index in [0.29, 0.717) is 32.5 Å². The van der Waals surface area contributed by atoms with Crippen molar-refractivity contribution in [3.05, 3.63) is 0 Å². The predicted octanol–water partition coefficient (Wildman–Crippen LogP) is 0.461. The summed E-state index contributed by atoms with van der Waals surface area (Å²) in [4.78, 5) is 23.6. The molecule has 2 saturated heterocycles. The summed E-state index contributed by atoms with van der Waals surface area (Å²) in [6.07, 6.45) is 0.802. The molecule has 1 amide bonds. The fourth-order valence-corrected chi connectivity index (χ4v) is 2.03. The predicted molar refractivity (Wildman–Crippen MR) is 53.1 cm³/mol. The molecule has 1 N–H and O–H groups in total. The van der Waals surface area contributed by atoms with Crippen LogP contribution in [0.25, 0.3) is 0 Å². The quantitative estimate of drug-likeness (QED) is 0.760. The number of amides is 1. The molecule has 0 spiro atoms. The minimum absolute atomic E-state index is 0.174. The van der Waals surface area contributed by atoms with E-state index < -0.39 is 12.1 Å². The standard InChI is InChI=1S/C10H15NO5/c12-9(13)8-3-2-7(16-8)6-11-4-1-5-15-10(11)14/h7-8H,1-6H2,(H,12,13). The van der Waals surface area contributed by atoms with E-state index in [1.54, 1.807) is 4.90 Å². The Labute approximate surface area is 93.1 Å². The molecule has 0 aromatic carbocycles. The summed E-state index contributed by atoms with van der Waals surface area (Å²) in [6.45, 7) is 1.57. The molecule has 0 radical (unpaired) electrons. The van der Waals surface area contributed by atoms with Crippen LogP contribution in [-0.2, 0) is 14.3 Å². The maximum atomic E-state index is 11.3. The molecule has 2 heterocycles. The first kappa shape index (κ1) is 11.2. The molecule has 90 valence electrons. The molecule has 6 heteroatoms. The van der Waals surface area contributed by atoms with Crippen molar-refractivity contribution in [3.63, 3.8) is 0 Å². The Kier molecular flexibility index (Phi) is 3.28. The zero-order valence-corrected chi connectivity index (χ0v) is 8.92. The second-order valence-corrected chi connectivity index (χ2v) is 4.08. The monoisotopic (exact) mass is 229 g/mol. The van der Waals surface area contributed by atoms with Crippen LogP contribution in [0.2, 0.25) is 0 Å². The lowest BCUT2D eigenvalue weighted by Gasteiger charge is -2.28. The SMILES string of the molecule is O=C(O)C1CCC(CN2CCCOC2=O)O1. The summed E-state index contributed by atoms with van der Waals surface area (Å²) >= 11 is 0. The Morgan fingerprint density at radius 2 is 2.31 bits per heavy atom. The van der Waals surface area contributed by atoms with Gasteiger partial charge in [0.1, 0.15) is 0 Å². The molecule has 2 fully saturated rings. The van der Waals surface area contributed by atoms with Crippen molar-refractivity contribution in [1.82, 2.24) is 4.90 Å². The molecule has 6 nitrogen and oxygen atoms in total. The number of carboxylic acids is 1. The summed E-state index contributed by atoms with van der Waals surface area (Å²) in [5, 5.41) is 8.76. The van der Waals surface area contributed by atoms with Crippen LogP contribution in [-0.4, -0.2) is 54.0 Å². The maximum Gasteiger partial charge on any atom is 0.409 e. The third-order valence-electron chi connectivity index (χ3n) is 2.86. The largest absolute Gasteiger partial charge is 0.479 e. The lowest BCUT2D eigenvalue weighted by atomic mass is 10.2. The van der Waals surface area contributed by atoms with Crippen LogP contribution in [0.4, 0.5) is 4.79 Å². The van der Waals surface area contributed by atoms with Crippen molar-refractivity contribution in [1.29, 1.82) is 0 Å². The minimum Gasteiger partial charge on any atom is -0.479 e. The van der Waals surface area contributed by atoms with Crippen molar-refractivity contribution in [2.75, 3.05) is 19.7 Å². The van der Waals surface area contributed by atoms with E-state index in [9.17, 15) is 9.59 Å². The van der Waals surface area contributed by atoms with Gasteiger partial charge in [-0.15, -0.1) is 0 Å². The summed E-state index contributed by atoms with van der Waals surface area (Å²) in [6, 6.07) is 0. The molecular weight excluding hydrogens is 214 g/mol. The zero-order valence-electron chi connectivity index (χ0n) is 8.92. The first-order valence-electron chi connectivity index (χ1n) is 5.47. The average molecular weight is 229 g/mol. The highest BCUT2D eigenvalue weighted by Crippen LogP contribution is 2.21. The number of hydrogen-bond donors (Lipinski definition) is 1. The molecule has 0 aliphatic carbocycles. The number of carboxylic acid groups (broad SMARTS) is 1. The molecule has 2 aliphatic rings. The van der Waals surface area contributed by atoms with E-state index in [0.717, 1.165) is 6.42 Å². The average Bonchev–Trinajstić information content (AvgIpc) is 2.70. The number of rotatable bonds is 3. The van der Waals surface area contributed by atoms with Crippen LogP contribution in [0.15, 0.2) is 0 Å². The fourth-order valence-electron chi connectivity index (χ4n) is 2.03. The molecule has 0 saturated carbocycles. The van der Waals surface area contributed by atoms with Crippen LogP contribution >= 0.6 is 0 Å². The molecule has 0 bridgehead atoms. The molecule has 2 aliphatic heterocycles. The van der Waals surface area contributed by atoms with Crippen LogP contribution in [0.1, 0.15) is 19.3 Å². The van der Waals surface area contributed by atoms with Gasteiger partial charge in [0, 0.05) is 6.54 Å². The Morgan fingerprint density at radius 3 is 2.94 bits per heavy atom. The molecule has 2 rings (SSSR count). The van der Waals surface area contributed by atoms with E-state index in [1.807, 2.05) is 0 Å². The highest BCUT2D eigenvalue weighted by molar-refractivity contribution is 5.72. The van der Waals surface area contributed by atoms with Gasteiger partial charge >= 0.3 is 12.1 Å². The van der Waals surface area contributed by atoms with Crippen molar-refractivity contribution in [3.8, 4) is 0 Å². The second kappa shape index (κ2) is 4.69. The van der Waals surface area contributed by atoms with Gasteiger partial charge in [0.05, 0.1) is 19.3 Å². The van der Waals surface area contributed by atoms with E-state index in [-0.39, 0.29) is 12.2 Å². The van der Waals surface area contributed by atoms with Crippen LogP contribution in [0, 0.1) is 0 Å². The number of carbonyl (C=O) groups is 2. The maximum absolute atomic E-state index is 11.3. The van der Waals surface area contributed by atoms with Crippen molar-refractivity contribution >= 4 is 12.1 Å². The van der Waals surface area contributed by atoms with Gasteiger partial charge < -0.3 is 19.5 Å². The van der Waals surface area contributed by atoms with Crippen LogP contribution in [0.5, 0.6) is 0 Å². The van der Waals surface area contributed by atoms with Crippen LogP contribution < -0.4 is 0 Å². The van der Waals surface area contributed by atoms with Gasteiger partial charge in [0.2, 0.25) is 0 Å². The Bertz CT molecular complexity index is 293. The van der Waals surface area contributed by atoms with Crippen molar-refractivity contribution < 1.29 is 24.2 Å². The zero-order chi connectivity index (χ0) is 11.5. The number of nitrogens with zero attached hydrogens (tertiary/aromatic N) is 1. The van der Waals surface area contributed by atoms with Gasteiger partial charge in [0.15, 0.2) is 6.10 Å². The molecule has 0 aromatic rings. The van der Waals surface area contributed by atoms with Gasteiger partial charge in [-0.25, -0.2) is 9.59 Å². The topological polar surface area (TPSA) is 76.1 Å². The molecular formula is C10H15NO5. The summed E-state index contributed by atoms with van der Waals surface area (Å²) < 4.78 is 10.2. The Hall–Kier alpha value is -1.30. The van der Waals surface area contributed by atoms with E-state index in [4.69, 9.17) is 14.6 Å². The normalized spacial score (nSPS) is 30.2. The molecule has 2 atom stereocenters. The van der Waals surface area contributed by atoms with E-state index in [1.165, 1.54) is 0 Å². The smallest absolute Gasteiger partial charge is 0.409 e. The lowest BCUT2D eigenvalue weighted by molar-refractivity contribution is -0.149. The summed E-state index contributed by atoms with van der Waals surface area (Å²) in [5.74, 6) is -0.927. The summed E-state index contributed by atoms with van der Waals surface area (Å²) in [7, 11) is 0. The van der Waals surface area contributed by atoms with E-state index >= 15 is 0 Å². The number of hydrogen-bond acceptors (Lipinski definition) is 4. The lowest BCUT2D eigenvalue weighted by Crippen LogP contribution is -2.42. The third kappa shape index (κ3) is 2.44.